The van der Waals surface area contributed by atoms with Crippen molar-refractivity contribution in [1.29, 1.82) is 0 Å². The smallest absolute Gasteiger partial charge is 0.269 e. The highest BCUT2D eigenvalue weighted by molar-refractivity contribution is 7.89. The van der Waals surface area contributed by atoms with Crippen LogP contribution in [0.25, 0.3) is 21.9 Å². The number of aryl methyl sites for hydroxylation is 1. The largest absolute Gasteiger partial charge is 0.345 e. The molecule has 3 heterocycles. The van der Waals surface area contributed by atoms with Gasteiger partial charge in [-0.1, -0.05) is 24.3 Å². The number of carbonyl (C=O) groups excluding carboxylic acids is 1. The van der Waals surface area contributed by atoms with Crippen molar-refractivity contribution in [2.45, 2.75) is 6.54 Å². The standard InChI is InChI=1S/C19H18N4O3S/c1-22-15-9-4-3-8-14(15)18-16(22)11-17(23(18)27(2,25)26)19(24)21-12-13-7-5-6-10-20-13/h3-11H,12H2,1-2H3,(H,21,24). The topological polar surface area (TPSA) is 86.0 Å². The van der Waals surface area contributed by atoms with Crippen molar-refractivity contribution in [3.05, 3.63) is 66.1 Å². The molecule has 0 fully saturated rings. The van der Waals surface area contributed by atoms with Crippen LogP contribution in [0.2, 0.25) is 0 Å². The lowest BCUT2D eigenvalue weighted by molar-refractivity contribution is 0.0944. The highest BCUT2D eigenvalue weighted by Gasteiger charge is 2.25. The van der Waals surface area contributed by atoms with E-state index in [1.807, 2.05) is 41.9 Å². The summed E-state index contributed by atoms with van der Waals surface area (Å²) in [5, 5.41) is 3.53. The fourth-order valence-corrected chi connectivity index (χ4v) is 4.36. The van der Waals surface area contributed by atoms with Gasteiger partial charge in [-0.3, -0.25) is 9.78 Å². The molecular weight excluding hydrogens is 364 g/mol. The maximum atomic E-state index is 12.8. The molecular formula is C19H18N4O3S. The molecule has 138 valence electrons. The number of fused-ring (bicyclic) bond motifs is 3. The maximum Gasteiger partial charge on any atom is 0.269 e. The number of amides is 1. The van der Waals surface area contributed by atoms with Crippen LogP contribution in [0.1, 0.15) is 16.2 Å². The van der Waals surface area contributed by atoms with Crippen LogP contribution in [-0.2, 0) is 23.6 Å². The molecule has 8 heteroatoms. The van der Waals surface area contributed by atoms with Gasteiger partial charge in [-0.15, -0.1) is 0 Å². The number of para-hydroxylation sites is 1. The molecule has 4 aromatic rings. The summed E-state index contributed by atoms with van der Waals surface area (Å²) in [5.74, 6) is -0.466. The Balaban J connectivity index is 1.85. The molecule has 1 aromatic carbocycles. The average molecular weight is 382 g/mol. The van der Waals surface area contributed by atoms with Crippen LogP contribution in [0.15, 0.2) is 54.7 Å². The first-order valence-corrected chi connectivity index (χ1v) is 10.2. The highest BCUT2D eigenvalue weighted by Crippen LogP contribution is 2.31. The molecule has 0 atom stereocenters. The average Bonchev–Trinajstić information content (AvgIpc) is 3.18. The molecule has 0 saturated carbocycles. The fourth-order valence-electron chi connectivity index (χ4n) is 3.35. The van der Waals surface area contributed by atoms with E-state index in [0.717, 1.165) is 21.1 Å². The molecule has 4 rings (SSSR count). The molecule has 3 aromatic heterocycles. The van der Waals surface area contributed by atoms with E-state index < -0.39 is 15.9 Å². The molecule has 0 spiro atoms. The second-order valence-electron chi connectivity index (χ2n) is 6.37. The summed E-state index contributed by atoms with van der Waals surface area (Å²) in [4.78, 5) is 16.9. The van der Waals surface area contributed by atoms with Crippen molar-refractivity contribution in [1.82, 2.24) is 18.8 Å². The quantitative estimate of drug-likeness (QED) is 0.587. The Hall–Kier alpha value is -3.13. The molecule has 0 bridgehead atoms. The number of hydrogen-bond acceptors (Lipinski definition) is 4. The van der Waals surface area contributed by atoms with Gasteiger partial charge in [0.15, 0.2) is 0 Å². The monoisotopic (exact) mass is 382 g/mol. The normalized spacial score (nSPS) is 11.9. The van der Waals surface area contributed by atoms with Crippen LogP contribution < -0.4 is 5.32 Å². The van der Waals surface area contributed by atoms with Crippen LogP contribution in [0.5, 0.6) is 0 Å². The molecule has 1 N–H and O–H groups in total. The number of pyridine rings is 1. The number of hydrogen-bond donors (Lipinski definition) is 1. The van der Waals surface area contributed by atoms with Crippen molar-refractivity contribution in [2.75, 3.05) is 6.26 Å². The number of benzene rings is 1. The van der Waals surface area contributed by atoms with Crippen molar-refractivity contribution < 1.29 is 13.2 Å². The van der Waals surface area contributed by atoms with E-state index >= 15 is 0 Å². The summed E-state index contributed by atoms with van der Waals surface area (Å²) in [5.41, 5.74) is 2.88. The summed E-state index contributed by atoms with van der Waals surface area (Å²) >= 11 is 0. The molecule has 1 amide bonds. The fraction of sp³-hybridized carbons (Fsp3) is 0.158. The Morgan fingerprint density at radius 1 is 1.11 bits per heavy atom. The van der Waals surface area contributed by atoms with E-state index in [2.05, 4.69) is 10.3 Å². The zero-order valence-electron chi connectivity index (χ0n) is 14.9. The Morgan fingerprint density at radius 2 is 1.85 bits per heavy atom. The third-order valence-corrected chi connectivity index (χ3v) is 5.58. The molecule has 27 heavy (non-hydrogen) atoms. The molecule has 0 aliphatic rings. The van der Waals surface area contributed by atoms with E-state index in [4.69, 9.17) is 0 Å². The van der Waals surface area contributed by atoms with Crippen LogP contribution >= 0.6 is 0 Å². The van der Waals surface area contributed by atoms with Crippen LogP contribution in [0, 0.1) is 0 Å². The first-order valence-electron chi connectivity index (χ1n) is 8.35. The molecule has 0 saturated heterocycles. The second kappa shape index (κ2) is 6.24. The highest BCUT2D eigenvalue weighted by atomic mass is 32.2. The van der Waals surface area contributed by atoms with Crippen molar-refractivity contribution >= 4 is 37.9 Å². The van der Waals surface area contributed by atoms with Gasteiger partial charge in [-0.05, 0) is 24.3 Å². The predicted molar refractivity (Wildman–Crippen MR) is 104 cm³/mol. The van der Waals surface area contributed by atoms with Crippen molar-refractivity contribution in [2.24, 2.45) is 7.05 Å². The van der Waals surface area contributed by atoms with Gasteiger partial charge in [0, 0.05) is 18.6 Å². The van der Waals surface area contributed by atoms with Gasteiger partial charge in [0.25, 0.3) is 5.91 Å². The summed E-state index contributed by atoms with van der Waals surface area (Å²) < 4.78 is 28.1. The number of rotatable bonds is 4. The SMILES string of the molecule is Cn1c2ccccc2c2c1cc(C(=O)NCc1ccccn1)n2S(C)(=O)=O. The van der Waals surface area contributed by atoms with Gasteiger partial charge in [-0.2, -0.15) is 0 Å². The molecule has 7 nitrogen and oxygen atoms in total. The lowest BCUT2D eigenvalue weighted by atomic mass is 10.2. The van der Waals surface area contributed by atoms with E-state index in [-0.39, 0.29) is 12.2 Å². The van der Waals surface area contributed by atoms with Gasteiger partial charge in [0.1, 0.15) is 5.69 Å². The zero-order chi connectivity index (χ0) is 19.2. The molecule has 0 aliphatic heterocycles. The number of nitrogens with zero attached hydrogens (tertiary/aromatic N) is 3. The third kappa shape index (κ3) is 2.87. The van der Waals surface area contributed by atoms with Crippen LogP contribution in [0.4, 0.5) is 0 Å². The Kier molecular flexibility index (Phi) is 4.00. The van der Waals surface area contributed by atoms with Crippen LogP contribution in [0.3, 0.4) is 0 Å². The first-order chi connectivity index (χ1) is 12.9. The van der Waals surface area contributed by atoms with E-state index in [9.17, 15) is 13.2 Å². The van der Waals surface area contributed by atoms with E-state index in [0.29, 0.717) is 16.7 Å². The van der Waals surface area contributed by atoms with Crippen molar-refractivity contribution in [3.8, 4) is 0 Å². The second-order valence-corrected chi connectivity index (χ2v) is 8.20. The zero-order valence-corrected chi connectivity index (χ0v) is 15.7. The third-order valence-electron chi connectivity index (χ3n) is 4.54. The minimum Gasteiger partial charge on any atom is -0.345 e. The van der Waals surface area contributed by atoms with Crippen molar-refractivity contribution in [3.63, 3.8) is 0 Å². The Morgan fingerprint density at radius 3 is 2.56 bits per heavy atom. The minimum absolute atomic E-state index is 0.0831. The summed E-state index contributed by atoms with van der Waals surface area (Å²) in [7, 11) is -1.84. The van der Waals surface area contributed by atoms with Gasteiger partial charge < -0.3 is 9.88 Å². The lowest BCUT2D eigenvalue weighted by Crippen LogP contribution is -2.27. The van der Waals surface area contributed by atoms with Gasteiger partial charge in [0.2, 0.25) is 10.0 Å². The van der Waals surface area contributed by atoms with Gasteiger partial charge in [-0.25, -0.2) is 12.4 Å². The van der Waals surface area contributed by atoms with Crippen LogP contribution in [-0.4, -0.2) is 34.1 Å². The van der Waals surface area contributed by atoms with E-state index in [1.165, 1.54) is 0 Å². The molecule has 0 radical (unpaired) electrons. The van der Waals surface area contributed by atoms with Gasteiger partial charge in [0.05, 0.1) is 35.0 Å². The maximum absolute atomic E-state index is 12.8. The molecule has 0 unspecified atom stereocenters. The predicted octanol–water partition coefficient (Wildman–Crippen LogP) is 2.27. The summed E-state index contributed by atoms with van der Waals surface area (Å²) in [6.45, 7) is 0.214. The van der Waals surface area contributed by atoms with E-state index in [1.54, 1.807) is 24.4 Å². The number of carbonyl (C=O) groups is 1. The Bertz CT molecular complexity index is 1270. The number of aromatic nitrogens is 3. The minimum atomic E-state index is -3.70. The van der Waals surface area contributed by atoms with Gasteiger partial charge >= 0.3 is 0 Å². The number of nitrogens with one attached hydrogen (secondary N) is 1. The first kappa shape index (κ1) is 17.3. The Labute approximate surface area is 156 Å². The summed E-state index contributed by atoms with van der Waals surface area (Å²) in [6, 6.07) is 14.5. The molecule has 0 aliphatic carbocycles. The lowest BCUT2D eigenvalue weighted by Gasteiger charge is -2.09. The summed E-state index contributed by atoms with van der Waals surface area (Å²) in [6.07, 6.45) is 2.74.